The summed E-state index contributed by atoms with van der Waals surface area (Å²) in [5, 5.41) is 8.90. The number of aliphatic hydroxyl groups excluding tert-OH is 1. The third-order valence-corrected chi connectivity index (χ3v) is 3.43. The molecule has 0 spiro atoms. The van der Waals surface area contributed by atoms with Crippen LogP contribution in [0.25, 0.3) is 0 Å². The largest absolute Gasteiger partial charge is 0.395 e. The predicted octanol–water partition coefficient (Wildman–Crippen LogP) is 0.399. The third-order valence-electron chi connectivity index (χ3n) is 3.43. The van der Waals surface area contributed by atoms with Gasteiger partial charge in [-0.1, -0.05) is 6.07 Å². The first-order valence-corrected chi connectivity index (χ1v) is 6.32. The fourth-order valence-corrected chi connectivity index (χ4v) is 2.40. The van der Waals surface area contributed by atoms with Crippen LogP contribution < -0.4 is 10.6 Å². The number of nitrogens with zero attached hydrogens (tertiary/aromatic N) is 2. The Morgan fingerprint density at radius 2 is 1.94 bits per heavy atom. The standard InChI is InChI=1S/C13H20FN3O/c14-12-2-1-3-13(11(12)10-15)17-6-4-16(5-7-17)8-9-18/h1-3,18H,4-10,15H2. The van der Waals surface area contributed by atoms with E-state index in [2.05, 4.69) is 9.80 Å². The second kappa shape index (κ2) is 6.13. The number of aliphatic hydroxyl groups is 1. The Kier molecular flexibility index (Phi) is 4.52. The summed E-state index contributed by atoms with van der Waals surface area (Å²) in [6.07, 6.45) is 0. The Bertz CT molecular complexity index is 392. The molecular formula is C13H20FN3O. The number of piperazine rings is 1. The molecule has 100 valence electrons. The van der Waals surface area contributed by atoms with Gasteiger partial charge in [0.1, 0.15) is 5.82 Å². The van der Waals surface area contributed by atoms with Crippen LogP contribution >= 0.6 is 0 Å². The van der Waals surface area contributed by atoms with Crippen LogP contribution in [0.5, 0.6) is 0 Å². The number of rotatable bonds is 4. The van der Waals surface area contributed by atoms with Gasteiger partial charge in [0.05, 0.1) is 6.61 Å². The minimum absolute atomic E-state index is 0.189. The Morgan fingerprint density at radius 3 is 2.56 bits per heavy atom. The molecule has 0 saturated carbocycles. The maximum absolute atomic E-state index is 13.7. The summed E-state index contributed by atoms with van der Waals surface area (Å²) in [5.41, 5.74) is 7.12. The molecule has 1 aliphatic rings. The zero-order valence-corrected chi connectivity index (χ0v) is 10.5. The van der Waals surface area contributed by atoms with E-state index in [1.54, 1.807) is 6.07 Å². The second-order valence-corrected chi connectivity index (χ2v) is 4.49. The molecule has 2 rings (SSSR count). The first-order valence-electron chi connectivity index (χ1n) is 6.32. The second-order valence-electron chi connectivity index (χ2n) is 4.49. The molecule has 0 aliphatic carbocycles. The fourth-order valence-electron chi connectivity index (χ4n) is 2.40. The molecule has 1 saturated heterocycles. The van der Waals surface area contributed by atoms with Gasteiger partial charge >= 0.3 is 0 Å². The molecule has 3 N–H and O–H groups in total. The Labute approximate surface area is 107 Å². The van der Waals surface area contributed by atoms with Crippen molar-refractivity contribution in [3.63, 3.8) is 0 Å². The van der Waals surface area contributed by atoms with Crippen molar-refractivity contribution in [1.29, 1.82) is 0 Å². The molecule has 4 nitrogen and oxygen atoms in total. The van der Waals surface area contributed by atoms with Crippen LogP contribution in [0.3, 0.4) is 0 Å². The zero-order chi connectivity index (χ0) is 13.0. The topological polar surface area (TPSA) is 52.7 Å². The van der Waals surface area contributed by atoms with Crippen molar-refractivity contribution in [3.05, 3.63) is 29.6 Å². The van der Waals surface area contributed by atoms with Crippen molar-refractivity contribution in [2.24, 2.45) is 5.73 Å². The van der Waals surface area contributed by atoms with E-state index in [4.69, 9.17) is 10.8 Å². The molecule has 1 aliphatic heterocycles. The molecule has 1 aromatic carbocycles. The van der Waals surface area contributed by atoms with Crippen molar-refractivity contribution in [3.8, 4) is 0 Å². The summed E-state index contributed by atoms with van der Waals surface area (Å²) in [6, 6.07) is 5.10. The molecule has 0 bridgehead atoms. The van der Waals surface area contributed by atoms with Crippen LogP contribution in [0.1, 0.15) is 5.56 Å². The van der Waals surface area contributed by atoms with Crippen LogP contribution in [0.2, 0.25) is 0 Å². The van der Waals surface area contributed by atoms with Gasteiger partial charge in [-0.2, -0.15) is 0 Å². The molecule has 5 heteroatoms. The molecule has 1 heterocycles. The maximum Gasteiger partial charge on any atom is 0.129 e. The lowest BCUT2D eigenvalue weighted by molar-refractivity contribution is 0.188. The van der Waals surface area contributed by atoms with Gasteiger partial charge in [0.15, 0.2) is 0 Å². The number of anilines is 1. The molecule has 0 atom stereocenters. The van der Waals surface area contributed by atoms with Gasteiger partial charge in [-0.25, -0.2) is 4.39 Å². The lowest BCUT2D eigenvalue weighted by Gasteiger charge is -2.36. The summed E-state index contributed by atoms with van der Waals surface area (Å²) in [6.45, 7) is 4.59. The zero-order valence-electron chi connectivity index (χ0n) is 10.5. The first-order chi connectivity index (χ1) is 8.76. The number of β-amino-alcohol motifs (C(OH)–C–C–N with tert-alkyl or cyclic N) is 1. The molecule has 18 heavy (non-hydrogen) atoms. The van der Waals surface area contributed by atoms with E-state index in [0.29, 0.717) is 12.1 Å². The van der Waals surface area contributed by atoms with E-state index >= 15 is 0 Å². The highest BCUT2D eigenvalue weighted by molar-refractivity contribution is 5.54. The van der Waals surface area contributed by atoms with E-state index in [0.717, 1.165) is 31.9 Å². The van der Waals surface area contributed by atoms with Gasteiger partial charge in [0.2, 0.25) is 0 Å². The molecule has 0 amide bonds. The van der Waals surface area contributed by atoms with Gasteiger partial charge in [-0.05, 0) is 12.1 Å². The lowest BCUT2D eigenvalue weighted by Crippen LogP contribution is -2.47. The molecule has 0 radical (unpaired) electrons. The highest BCUT2D eigenvalue weighted by atomic mass is 19.1. The van der Waals surface area contributed by atoms with Crippen molar-refractivity contribution in [2.45, 2.75) is 6.54 Å². The average Bonchev–Trinajstić information content (AvgIpc) is 2.40. The van der Waals surface area contributed by atoms with E-state index < -0.39 is 0 Å². The van der Waals surface area contributed by atoms with E-state index in [9.17, 15) is 4.39 Å². The van der Waals surface area contributed by atoms with Gasteiger partial charge in [-0.3, -0.25) is 4.90 Å². The Morgan fingerprint density at radius 1 is 1.22 bits per heavy atom. The van der Waals surface area contributed by atoms with Crippen molar-refractivity contribution in [1.82, 2.24) is 4.90 Å². The summed E-state index contributed by atoms with van der Waals surface area (Å²) >= 11 is 0. The minimum atomic E-state index is -0.229. The molecule has 0 unspecified atom stereocenters. The normalized spacial score (nSPS) is 17.2. The summed E-state index contributed by atoms with van der Waals surface area (Å²) in [5.74, 6) is -0.229. The van der Waals surface area contributed by atoms with Crippen LogP contribution in [0.4, 0.5) is 10.1 Å². The fraction of sp³-hybridized carbons (Fsp3) is 0.538. The van der Waals surface area contributed by atoms with Crippen molar-refractivity contribution >= 4 is 5.69 Å². The van der Waals surface area contributed by atoms with Gasteiger partial charge in [0, 0.05) is 50.5 Å². The SMILES string of the molecule is NCc1c(F)cccc1N1CCN(CCO)CC1. The third kappa shape index (κ3) is 2.80. The molecule has 0 aromatic heterocycles. The Hall–Kier alpha value is -1.17. The summed E-state index contributed by atoms with van der Waals surface area (Å²) < 4.78 is 13.7. The lowest BCUT2D eigenvalue weighted by atomic mass is 10.1. The first kappa shape index (κ1) is 13.3. The highest BCUT2D eigenvalue weighted by Gasteiger charge is 2.19. The number of hydrogen-bond donors (Lipinski definition) is 2. The maximum atomic E-state index is 13.7. The van der Waals surface area contributed by atoms with Crippen LogP contribution in [0, 0.1) is 5.82 Å². The van der Waals surface area contributed by atoms with Crippen molar-refractivity contribution in [2.75, 3.05) is 44.2 Å². The predicted molar refractivity (Wildman–Crippen MR) is 70.0 cm³/mol. The molecule has 1 fully saturated rings. The quantitative estimate of drug-likeness (QED) is 0.815. The highest BCUT2D eigenvalue weighted by Crippen LogP contribution is 2.23. The number of benzene rings is 1. The number of nitrogens with two attached hydrogens (primary N) is 1. The van der Waals surface area contributed by atoms with Gasteiger partial charge in [-0.15, -0.1) is 0 Å². The van der Waals surface area contributed by atoms with Gasteiger partial charge < -0.3 is 15.7 Å². The average molecular weight is 253 g/mol. The van der Waals surface area contributed by atoms with E-state index in [1.807, 2.05) is 6.07 Å². The van der Waals surface area contributed by atoms with Crippen LogP contribution in [-0.2, 0) is 6.54 Å². The monoisotopic (exact) mass is 253 g/mol. The molecular weight excluding hydrogens is 233 g/mol. The molecule has 1 aromatic rings. The van der Waals surface area contributed by atoms with Crippen molar-refractivity contribution < 1.29 is 9.50 Å². The van der Waals surface area contributed by atoms with Gasteiger partial charge in [0.25, 0.3) is 0 Å². The van der Waals surface area contributed by atoms with Crippen LogP contribution in [0.15, 0.2) is 18.2 Å². The minimum Gasteiger partial charge on any atom is -0.395 e. The van der Waals surface area contributed by atoms with E-state index in [1.165, 1.54) is 6.07 Å². The summed E-state index contributed by atoms with van der Waals surface area (Å²) in [7, 11) is 0. The number of hydrogen-bond acceptors (Lipinski definition) is 4. The summed E-state index contributed by atoms with van der Waals surface area (Å²) in [4.78, 5) is 4.37. The smallest absolute Gasteiger partial charge is 0.129 e. The number of halogens is 1. The van der Waals surface area contributed by atoms with Crippen LogP contribution in [-0.4, -0.2) is 49.3 Å². The van der Waals surface area contributed by atoms with E-state index in [-0.39, 0.29) is 19.0 Å². The Balaban J connectivity index is 2.07.